The van der Waals surface area contributed by atoms with Crippen LogP contribution in [0.5, 0.6) is 0 Å². The van der Waals surface area contributed by atoms with Crippen LogP contribution in [0.2, 0.25) is 0 Å². The van der Waals surface area contributed by atoms with E-state index in [9.17, 15) is 9.59 Å². The van der Waals surface area contributed by atoms with Crippen molar-refractivity contribution in [1.82, 2.24) is 23.8 Å². The number of hydrogen-bond donors (Lipinski definition) is 1. The largest absolute Gasteiger partial charge is 0.369 e. The third kappa shape index (κ3) is 4.40. The SMILES string of the molecule is CC(C)N1C(=O)C(=Cc2c(NCCCn3ccnc3)nc3ccccn3c2=O)SC1=S. The van der Waals surface area contributed by atoms with Gasteiger partial charge in [-0.25, -0.2) is 9.97 Å². The summed E-state index contributed by atoms with van der Waals surface area (Å²) in [6, 6.07) is 5.34. The molecule has 0 aromatic carbocycles. The molecule has 0 aliphatic carbocycles. The minimum Gasteiger partial charge on any atom is -0.369 e. The fraction of sp³-hybridized carbons (Fsp3) is 0.286. The Morgan fingerprint density at radius 2 is 2.10 bits per heavy atom. The van der Waals surface area contributed by atoms with Crippen molar-refractivity contribution in [2.45, 2.75) is 32.9 Å². The van der Waals surface area contributed by atoms with Crippen LogP contribution >= 0.6 is 24.0 Å². The molecule has 1 fully saturated rings. The molecule has 4 heterocycles. The molecule has 160 valence electrons. The van der Waals surface area contributed by atoms with E-state index in [1.165, 1.54) is 16.2 Å². The number of rotatable bonds is 7. The van der Waals surface area contributed by atoms with Crippen LogP contribution in [0.1, 0.15) is 25.8 Å². The first kappa shape index (κ1) is 21.3. The Kier molecular flexibility index (Phi) is 6.19. The Labute approximate surface area is 189 Å². The number of aryl methyl sites for hydroxylation is 1. The zero-order chi connectivity index (χ0) is 22.0. The molecule has 3 aromatic rings. The summed E-state index contributed by atoms with van der Waals surface area (Å²) in [6.07, 6.45) is 9.51. The molecule has 0 atom stereocenters. The predicted molar refractivity (Wildman–Crippen MR) is 127 cm³/mol. The minimum atomic E-state index is -0.238. The van der Waals surface area contributed by atoms with Gasteiger partial charge in [0.2, 0.25) is 0 Å². The van der Waals surface area contributed by atoms with Crippen molar-refractivity contribution < 1.29 is 4.79 Å². The third-order valence-electron chi connectivity index (χ3n) is 4.83. The van der Waals surface area contributed by atoms with E-state index in [1.54, 1.807) is 41.8 Å². The maximum Gasteiger partial charge on any atom is 0.267 e. The first-order valence-electron chi connectivity index (χ1n) is 9.94. The summed E-state index contributed by atoms with van der Waals surface area (Å²) in [5.74, 6) is 0.269. The summed E-state index contributed by atoms with van der Waals surface area (Å²) in [5, 5.41) is 3.27. The number of carbonyl (C=O) groups is 1. The van der Waals surface area contributed by atoms with E-state index in [0.717, 1.165) is 13.0 Å². The van der Waals surface area contributed by atoms with Crippen LogP contribution in [-0.4, -0.2) is 46.6 Å². The van der Waals surface area contributed by atoms with Crippen molar-refractivity contribution in [2.75, 3.05) is 11.9 Å². The molecule has 1 saturated heterocycles. The second-order valence-electron chi connectivity index (χ2n) is 7.33. The van der Waals surface area contributed by atoms with Crippen LogP contribution in [0.4, 0.5) is 5.82 Å². The molecule has 1 aliphatic rings. The lowest BCUT2D eigenvalue weighted by Crippen LogP contribution is -2.34. The fourth-order valence-electron chi connectivity index (χ4n) is 3.31. The molecule has 0 unspecified atom stereocenters. The van der Waals surface area contributed by atoms with Crippen LogP contribution in [-0.2, 0) is 11.3 Å². The zero-order valence-corrected chi connectivity index (χ0v) is 18.8. The third-order valence-corrected chi connectivity index (χ3v) is 6.16. The van der Waals surface area contributed by atoms with Gasteiger partial charge in [0.05, 0.1) is 16.8 Å². The summed E-state index contributed by atoms with van der Waals surface area (Å²) >= 11 is 6.57. The number of carbonyl (C=O) groups excluding carboxylic acids is 1. The first-order valence-corrected chi connectivity index (χ1v) is 11.2. The smallest absolute Gasteiger partial charge is 0.267 e. The van der Waals surface area contributed by atoms with Gasteiger partial charge in [0.1, 0.15) is 15.8 Å². The molecule has 1 aliphatic heterocycles. The monoisotopic (exact) mass is 454 g/mol. The van der Waals surface area contributed by atoms with Gasteiger partial charge in [-0.15, -0.1) is 0 Å². The average molecular weight is 455 g/mol. The van der Waals surface area contributed by atoms with Crippen LogP contribution < -0.4 is 10.9 Å². The van der Waals surface area contributed by atoms with E-state index in [2.05, 4.69) is 15.3 Å². The van der Waals surface area contributed by atoms with Gasteiger partial charge in [-0.2, -0.15) is 0 Å². The maximum atomic E-state index is 13.2. The zero-order valence-electron chi connectivity index (χ0n) is 17.2. The number of aromatic nitrogens is 4. The quantitative estimate of drug-likeness (QED) is 0.334. The molecular formula is C21H22N6O2S2. The molecule has 10 heteroatoms. The molecule has 0 saturated carbocycles. The highest BCUT2D eigenvalue weighted by Gasteiger charge is 2.34. The summed E-state index contributed by atoms with van der Waals surface area (Å²) < 4.78 is 3.96. The molecule has 31 heavy (non-hydrogen) atoms. The van der Waals surface area contributed by atoms with Crippen molar-refractivity contribution >= 4 is 51.7 Å². The van der Waals surface area contributed by atoms with Crippen molar-refractivity contribution in [3.05, 3.63) is 63.9 Å². The van der Waals surface area contributed by atoms with E-state index in [0.29, 0.717) is 32.8 Å². The molecule has 3 aromatic heterocycles. The van der Waals surface area contributed by atoms with Gasteiger partial charge in [0.25, 0.3) is 11.5 Å². The Hall–Kier alpha value is -2.98. The highest BCUT2D eigenvalue weighted by atomic mass is 32.2. The second kappa shape index (κ2) is 9.03. The Morgan fingerprint density at radius 3 is 2.81 bits per heavy atom. The lowest BCUT2D eigenvalue weighted by Gasteiger charge is -2.18. The number of nitrogens with one attached hydrogen (secondary N) is 1. The Bertz CT molecular complexity index is 1220. The molecule has 0 radical (unpaired) electrons. The van der Waals surface area contributed by atoms with Crippen molar-refractivity contribution in [1.29, 1.82) is 0 Å². The Morgan fingerprint density at radius 1 is 1.26 bits per heavy atom. The first-order chi connectivity index (χ1) is 15.0. The molecule has 0 spiro atoms. The van der Waals surface area contributed by atoms with E-state index < -0.39 is 0 Å². The molecule has 1 amide bonds. The van der Waals surface area contributed by atoms with Gasteiger partial charge >= 0.3 is 0 Å². The maximum absolute atomic E-state index is 13.2. The number of amides is 1. The van der Waals surface area contributed by atoms with Crippen molar-refractivity contribution in [3.8, 4) is 0 Å². The number of nitrogens with zero attached hydrogens (tertiary/aromatic N) is 5. The highest BCUT2D eigenvalue weighted by Crippen LogP contribution is 2.34. The normalized spacial score (nSPS) is 15.6. The van der Waals surface area contributed by atoms with Crippen LogP contribution in [0.25, 0.3) is 11.7 Å². The van der Waals surface area contributed by atoms with Gasteiger partial charge in [0, 0.05) is 37.7 Å². The fourth-order valence-corrected chi connectivity index (χ4v) is 4.82. The van der Waals surface area contributed by atoms with E-state index in [-0.39, 0.29) is 17.5 Å². The highest BCUT2D eigenvalue weighted by molar-refractivity contribution is 8.26. The summed E-state index contributed by atoms with van der Waals surface area (Å²) in [6.45, 7) is 5.23. The summed E-state index contributed by atoms with van der Waals surface area (Å²) in [4.78, 5) is 36.7. The number of fused-ring (bicyclic) bond motifs is 1. The second-order valence-corrected chi connectivity index (χ2v) is 9.01. The van der Waals surface area contributed by atoms with Crippen LogP contribution in [0.15, 0.2) is 52.8 Å². The van der Waals surface area contributed by atoms with Crippen LogP contribution in [0.3, 0.4) is 0 Å². The van der Waals surface area contributed by atoms with Gasteiger partial charge in [-0.3, -0.25) is 18.9 Å². The van der Waals surface area contributed by atoms with Gasteiger partial charge in [-0.1, -0.05) is 30.0 Å². The molecule has 1 N–H and O–H groups in total. The molecule has 8 nitrogen and oxygen atoms in total. The summed E-state index contributed by atoms with van der Waals surface area (Å²) in [7, 11) is 0. The number of anilines is 1. The molecule has 0 bridgehead atoms. The number of thioether (sulfide) groups is 1. The lowest BCUT2D eigenvalue weighted by atomic mass is 10.2. The van der Waals surface area contributed by atoms with Crippen molar-refractivity contribution in [3.63, 3.8) is 0 Å². The van der Waals surface area contributed by atoms with Gasteiger partial charge in [-0.05, 0) is 38.5 Å². The molecule has 4 rings (SSSR count). The Balaban J connectivity index is 1.66. The molecular weight excluding hydrogens is 432 g/mol. The average Bonchev–Trinajstić information content (AvgIpc) is 3.35. The number of pyridine rings is 1. The number of hydrogen-bond acceptors (Lipinski definition) is 7. The number of imidazole rings is 1. The topological polar surface area (TPSA) is 84.5 Å². The lowest BCUT2D eigenvalue weighted by molar-refractivity contribution is -0.123. The standard InChI is InChI=1S/C21H22N6O2S2/c1-14(2)27-20(29)16(31-21(27)30)12-15-18(23-7-5-9-25-11-8-22-13-25)24-17-6-3-4-10-26(17)19(15)28/h3-4,6,8,10-14,23H,5,7,9H2,1-2H3. The van der Waals surface area contributed by atoms with Gasteiger partial charge < -0.3 is 9.88 Å². The minimum absolute atomic E-state index is 0.0463. The van der Waals surface area contributed by atoms with E-state index >= 15 is 0 Å². The van der Waals surface area contributed by atoms with Gasteiger partial charge in [0.15, 0.2) is 0 Å². The summed E-state index contributed by atoms with van der Waals surface area (Å²) in [5.41, 5.74) is 0.643. The van der Waals surface area contributed by atoms with E-state index in [4.69, 9.17) is 12.2 Å². The van der Waals surface area contributed by atoms with Crippen molar-refractivity contribution in [2.24, 2.45) is 0 Å². The van der Waals surface area contributed by atoms with E-state index in [1.807, 2.05) is 30.7 Å². The predicted octanol–water partition coefficient (Wildman–Crippen LogP) is 3.00. The number of thiocarbonyl (C=S) groups is 1. The van der Waals surface area contributed by atoms with Crippen LogP contribution in [0, 0.1) is 0 Å².